The fourth-order valence-electron chi connectivity index (χ4n) is 2.44. The van der Waals surface area contributed by atoms with Crippen molar-refractivity contribution >= 4 is 11.0 Å². The first-order chi connectivity index (χ1) is 7.34. The molecule has 0 N–H and O–H groups in total. The average Bonchev–Trinajstić information content (AvgIpc) is 2.51. The number of benzene rings is 1. The van der Waals surface area contributed by atoms with Gasteiger partial charge in [0.25, 0.3) is 0 Å². The molecule has 0 amide bonds. The van der Waals surface area contributed by atoms with Gasteiger partial charge in [0, 0.05) is 13.0 Å². The van der Waals surface area contributed by atoms with Crippen LogP contribution < -0.4 is 0 Å². The monoisotopic (exact) mass is 200 g/mol. The van der Waals surface area contributed by atoms with Crippen LogP contribution in [0.4, 0.5) is 0 Å². The summed E-state index contributed by atoms with van der Waals surface area (Å²) in [5, 5.41) is 0. The van der Waals surface area contributed by atoms with E-state index in [9.17, 15) is 0 Å². The van der Waals surface area contributed by atoms with Gasteiger partial charge in [-0.15, -0.1) is 0 Å². The minimum atomic E-state index is 0.838. The SMILES string of the molecule is CC1CCc2nc3ccccc3n2CC1. The highest BCUT2D eigenvalue weighted by atomic mass is 15.1. The first kappa shape index (κ1) is 8.96. The number of imidazole rings is 1. The third kappa shape index (κ3) is 1.44. The van der Waals surface area contributed by atoms with Gasteiger partial charge in [0.15, 0.2) is 0 Å². The maximum atomic E-state index is 4.71. The second kappa shape index (κ2) is 3.37. The molecular weight excluding hydrogens is 184 g/mol. The van der Waals surface area contributed by atoms with Crippen molar-refractivity contribution < 1.29 is 0 Å². The number of fused-ring (bicyclic) bond motifs is 3. The number of hydrogen-bond donors (Lipinski definition) is 0. The van der Waals surface area contributed by atoms with E-state index < -0.39 is 0 Å². The highest BCUT2D eigenvalue weighted by Crippen LogP contribution is 2.24. The van der Waals surface area contributed by atoms with Gasteiger partial charge in [-0.05, 0) is 30.9 Å². The molecule has 0 spiro atoms. The van der Waals surface area contributed by atoms with Gasteiger partial charge in [-0.1, -0.05) is 19.1 Å². The molecule has 2 nitrogen and oxygen atoms in total. The van der Waals surface area contributed by atoms with Crippen LogP contribution >= 0.6 is 0 Å². The van der Waals surface area contributed by atoms with Gasteiger partial charge >= 0.3 is 0 Å². The van der Waals surface area contributed by atoms with Gasteiger partial charge in [-0.2, -0.15) is 0 Å². The van der Waals surface area contributed by atoms with E-state index in [-0.39, 0.29) is 0 Å². The lowest BCUT2D eigenvalue weighted by atomic mass is 10.0. The van der Waals surface area contributed by atoms with Crippen molar-refractivity contribution in [3.05, 3.63) is 30.1 Å². The van der Waals surface area contributed by atoms with Crippen molar-refractivity contribution in [1.29, 1.82) is 0 Å². The van der Waals surface area contributed by atoms with Crippen molar-refractivity contribution in [2.75, 3.05) is 0 Å². The summed E-state index contributed by atoms with van der Waals surface area (Å²) in [6.45, 7) is 3.48. The zero-order valence-corrected chi connectivity index (χ0v) is 9.11. The van der Waals surface area contributed by atoms with E-state index >= 15 is 0 Å². The highest BCUT2D eigenvalue weighted by molar-refractivity contribution is 5.75. The molecule has 1 aromatic heterocycles. The molecule has 0 aliphatic carbocycles. The van der Waals surface area contributed by atoms with Crippen LogP contribution in [-0.4, -0.2) is 9.55 Å². The van der Waals surface area contributed by atoms with Gasteiger partial charge in [-0.3, -0.25) is 0 Å². The molecule has 3 rings (SSSR count). The number of hydrogen-bond acceptors (Lipinski definition) is 1. The smallest absolute Gasteiger partial charge is 0.109 e. The van der Waals surface area contributed by atoms with Crippen molar-refractivity contribution in [2.45, 2.75) is 32.7 Å². The van der Waals surface area contributed by atoms with Crippen molar-refractivity contribution in [3.8, 4) is 0 Å². The molecule has 1 unspecified atom stereocenters. The van der Waals surface area contributed by atoms with Gasteiger partial charge in [0.1, 0.15) is 5.82 Å². The summed E-state index contributed by atoms with van der Waals surface area (Å²) < 4.78 is 2.40. The number of nitrogens with zero attached hydrogens (tertiary/aromatic N) is 2. The molecule has 2 heterocycles. The molecule has 15 heavy (non-hydrogen) atoms. The Balaban J connectivity index is 2.15. The molecule has 1 atom stereocenters. The quantitative estimate of drug-likeness (QED) is 0.639. The van der Waals surface area contributed by atoms with E-state index in [1.807, 2.05) is 0 Å². The first-order valence-electron chi connectivity index (χ1n) is 5.79. The molecule has 0 bridgehead atoms. The lowest BCUT2D eigenvalue weighted by molar-refractivity contribution is 0.489. The highest BCUT2D eigenvalue weighted by Gasteiger charge is 2.15. The van der Waals surface area contributed by atoms with Crippen LogP contribution in [0.3, 0.4) is 0 Å². The van der Waals surface area contributed by atoms with E-state index in [0.29, 0.717) is 0 Å². The largest absolute Gasteiger partial charge is 0.328 e. The lowest BCUT2D eigenvalue weighted by Gasteiger charge is -2.05. The summed E-state index contributed by atoms with van der Waals surface area (Å²) in [5.74, 6) is 2.12. The van der Waals surface area contributed by atoms with E-state index in [1.165, 1.54) is 24.2 Å². The molecule has 1 aromatic carbocycles. The molecule has 0 fully saturated rings. The minimum Gasteiger partial charge on any atom is -0.328 e. The predicted octanol–water partition coefficient (Wildman–Crippen LogP) is 3.01. The third-order valence-electron chi connectivity index (χ3n) is 3.44. The number of rotatable bonds is 0. The minimum absolute atomic E-state index is 0.838. The Morgan fingerprint density at radius 3 is 3.07 bits per heavy atom. The second-order valence-electron chi connectivity index (χ2n) is 4.60. The molecule has 1 aliphatic heterocycles. The zero-order chi connectivity index (χ0) is 10.3. The number of para-hydroxylation sites is 2. The normalized spacial score (nSPS) is 21.3. The second-order valence-corrected chi connectivity index (χ2v) is 4.60. The summed E-state index contributed by atoms with van der Waals surface area (Å²) >= 11 is 0. The first-order valence-corrected chi connectivity index (χ1v) is 5.79. The van der Waals surface area contributed by atoms with Crippen LogP contribution in [0.15, 0.2) is 24.3 Å². The topological polar surface area (TPSA) is 17.8 Å². The van der Waals surface area contributed by atoms with Gasteiger partial charge in [-0.25, -0.2) is 4.98 Å². The Morgan fingerprint density at radius 2 is 2.13 bits per heavy atom. The van der Waals surface area contributed by atoms with Crippen LogP contribution in [0.2, 0.25) is 0 Å². The molecule has 0 saturated carbocycles. The summed E-state index contributed by atoms with van der Waals surface area (Å²) in [6.07, 6.45) is 3.70. The van der Waals surface area contributed by atoms with Crippen LogP contribution in [0.1, 0.15) is 25.6 Å². The van der Waals surface area contributed by atoms with Gasteiger partial charge in [0.2, 0.25) is 0 Å². The Morgan fingerprint density at radius 1 is 1.27 bits per heavy atom. The Hall–Kier alpha value is -1.31. The maximum absolute atomic E-state index is 4.71. The molecule has 1 aliphatic rings. The predicted molar refractivity (Wildman–Crippen MR) is 61.8 cm³/mol. The molecule has 0 radical (unpaired) electrons. The number of aryl methyl sites for hydroxylation is 2. The van der Waals surface area contributed by atoms with Crippen LogP contribution in [0.5, 0.6) is 0 Å². The average molecular weight is 200 g/mol. The van der Waals surface area contributed by atoms with Crippen LogP contribution in [0, 0.1) is 5.92 Å². The molecule has 2 heteroatoms. The Bertz CT molecular complexity index is 484. The van der Waals surface area contributed by atoms with Gasteiger partial charge < -0.3 is 4.57 Å². The fourth-order valence-corrected chi connectivity index (χ4v) is 2.44. The summed E-state index contributed by atoms with van der Waals surface area (Å²) in [5.41, 5.74) is 2.46. The van der Waals surface area contributed by atoms with Crippen molar-refractivity contribution in [2.24, 2.45) is 5.92 Å². The maximum Gasteiger partial charge on any atom is 0.109 e. The van der Waals surface area contributed by atoms with E-state index in [4.69, 9.17) is 4.98 Å². The molecule has 2 aromatic rings. The third-order valence-corrected chi connectivity index (χ3v) is 3.44. The van der Waals surface area contributed by atoms with Crippen molar-refractivity contribution in [1.82, 2.24) is 9.55 Å². The molecule has 78 valence electrons. The summed E-state index contributed by atoms with van der Waals surface area (Å²) in [6, 6.07) is 8.46. The van der Waals surface area contributed by atoms with E-state index in [2.05, 4.69) is 35.8 Å². The van der Waals surface area contributed by atoms with Crippen LogP contribution in [-0.2, 0) is 13.0 Å². The zero-order valence-electron chi connectivity index (χ0n) is 9.11. The fraction of sp³-hybridized carbons (Fsp3) is 0.462. The van der Waals surface area contributed by atoms with E-state index in [1.54, 1.807) is 0 Å². The standard InChI is InChI=1S/C13H16N2/c1-10-6-7-13-14-11-4-2-3-5-12(11)15(13)9-8-10/h2-5,10H,6-9H2,1H3. The summed E-state index contributed by atoms with van der Waals surface area (Å²) in [7, 11) is 0. The number of aromatic nitrogens is 2. The Kier molecular flexibility index (Phi) is 2.01. The van der Waals surface area contributed by atoms with Gasteiger partial charge in [0.05, 0.1) is 11.0 Å². The summed E-state index contributed by atoms with van der Waals surface area (Å²) in [4.78, 5) is 4.71. The lowest BCUT2D eigenvalue weighted by Crippen LogP contribution is -2.00. The molecular formula is C13H16N2. The van der Waals surface area contributed by atoms with E-state index in [0.717, 1.165) is 24.4 Å². The molecule has 0 saturated heterocycles. The van der Waals surface area contributed by atoms with Crippen LogP contribution in [0.25, 0.3) is 11.0 Å². The van der Waals surface area contributed by atoms with Crippen molar-refractivity contribution in [3.63, 3.8) is 0 Å². The Labute approximate surface area is 89.9 Å².